The molecule has 0 amide bonds. The molecule has 1 N–H and O–H groups in total. The molecule has 2 heteroatoms. The standard InChI is InChI=1S/C14H22FN/c1-4-11(5-2)10-14(16-3)12-6-8-13(15)9-7-12/h6-9,11,14,16H,4-5,10H2,1-3H3. The Bertz CT molecular complexity index is 290. The molecular weight excluding hydrogens is 201 g/mol. The van der Waals surface area contributed by atoms with E-state index in [4.69, 9.17) is 0 Å². The van der Waals surface area contributed by atoms with E-state index in [1.54, 1.807) is 0 Å². The molecule has 1 rings (SSSR count). The van der Waals surface area contributed by atoms with Gasteiger partial charge in [0.25, 0.3) is 0 Å². The van der Waals surface area contributed by atoms with Gasteiger partial charge in [0.2, 0.25) is 0 Å². The second kappa shape index (κ2) is 6.64. The third-order valence-corrected chi connectivity index (χ3v) is 3.34. The summed E-state index contributed by atoms with van der Waals surface area (Å²) in [5.41, 5.74) is 1.18. The molecule has 0 saturated heterocycles. The maximum Gasteiger partial charge on any atom is 0.123 e. The van der Waals surface area contributed by atoms with E-state index in [0.29, 0.717) is 6.04 Å². The van der Waals surface area contributed by atoms with Gasteiger partial charge in [-0.25, -0.2) is 4.39 Å². The SMILES string of the molecule is CCC(CC)CC(NC)c1ccc(F)cc1. The van der Waals surface area contributed by atoms with Crippen LogP contribution in [0.15, 0.2) is 24.3 Å². The van der Waals surface area contributed by atoms with Crippen molar-refractivity contribution in [3.63, 3.8) is 0 Å². The number of benzene rings is 1. The molecule has 0 bridgehead atoms. The summed E-state index contributed by atoms with van der Waals surface area (Å²) >= 11 is 0. The predicted octanol–water partition coefficient (Wildman–Crippen LogP) is 3.91. The van der Waals surface area contributed by atoms with E-state index in [0.717, 1.165) is 12.3 Å². The zero-order valence-electron chi connectivity index (χ0n) is 10.5. The van der Waals surface area contributed by atoms with Crippen molar-refractivity contribution < 1.29 is 4.39 Å². The van der Waals surface area contributed by atoms with Gasteiger partial charge in [-0.3, -0.25) is 0 Å². The molecule has 1 nitrogen and oxygen atoms in total. The molecule has 1 atom stereocenters. The summed E-state index contributed by atoms with van der Waals surface area (Å²) in [5.74, 6) is 0.573. The van der Waals surface area contributed by atoms with Gasteiger partial charge in [0.15, 0.2) is 0 Å². The fourth-order valence-corrected chi connectivity index (χ4v) is 2.07. The van der Waals surface area contributed by atoms with E-state index in [-0.39, 0.29) is 5.82 Å². The van der Waals surface area contributed by atoms with Gasteiger partial charge in [-0.15, -0.1) is 0 Å². The number of hydrogen-bond donors (Lipinski definition) is 1. The van der Waals surface area contributed by atoms with Crippen molar-refractivity contribution in [1.29, 1.82) is 0 Å². The molecular formula is C14H22FN. The molecule has 1 aromatic carbocycles. The molecule has 0 aliphatic heterocycles. The van der Waals surface area contributed by atoms with Crippen molar-refractivity contribution in [1.82, 2.24) is 5.32 Å². The lowest BCUT2D eigenvalue weighted by Crippen LogP contribution is -2.19. The highest BCUT2D eigenvalue weighted by Gasteiger charge is 2.14. The highest BCUT2D eigenvalue weighted by Crippen LogP contribution is 2.24. The lowest BCUT2D eigenvalue weighted by molar-refractivity contribution is 0.385. The van der Waals surface area contributed by atoms with Crippen molar-refractivity contribution in [2.24, 2.45) is 5.92 Å². The molecule has 0 aliphatic carbocycles. The number of hydrogen-bond acceptors (Lipinski definition) is 1. The number of nitrogens with one attached hydrogen (secondary N) is 1. The Labute approximate surface area is 98.1 Å². The minimum absolute atomic E-state index is 0.166. The van der Waals surface area contributed by atoms with Crippen molar-refractivity contribution in [3.8, 4) is 0 Å². The summed E-state index contributed by atoms with van der Waals surface area (Å²) in [7, 11) is 1.97. The highest BCUT2D eigenvalue weighted by molar-refractivity contribution is 5.19. The van der Waals surface area contributed by atoms with Crippen LogP contribution in [0.5, 0.6) is 0 Å². The topological polar surface area (TPSA) is 12.0 Å². The quantitative estimate of drug-likeness (QED) is 0.771. The van der Waals surface area contributed by atoms with Crippen molar-refractivity contribution in [2.45, 2.75) is 39.2 Å². The normalized spacial score (nSPS) is 13.1. The van der Waals surface area contributed by atoms with Crippen LogP contribution >= 0.6 is 0 Å². The van der Waals surface area contributed by atoms with Crippen LogP contribution in [-0.4, -0.2) is 7.05 Å². The van der Waals surface area contributed by atoms with Crippen molar-refractivity contribution >= 4 is 0 Å². The fraction of sp³-hybridized carbons (Fsp3) is 0.571. The summed E-state index contributed by atoms with van der Waals surface area (Å²) in [6.07, 6.45) is 3.53. The van der Waals surface area contributed by atoms with E-state index in [2.05, 4.69) is 19.2 Å². The van der Waals surface area contributed by atoms with Gasteiger partial charge in [-0.05, 0) is 37.1 Å². The Kier molecular flexibility index (Phi) is 5.47. The molecule has 0 fully saturated rings. The first kappa shape index (κ1) is 13.2. The Morgan fingerprint density at radius 2 is 1.69 bits per heavy atom. The Morgan fingerprint density at radius 1 is 1.12 bits per heavy atom. The summed E-state index contributed by atoms with van der Waals surface area (Å²) in [6, 6.07) is 7.15. The Balaban J connectivity index is 2.70. The molecule has 0 saturated carbocycles. The Hall–Kier alpha value is -0.890. The summed E-state index contributed by atoms with van der Waals surface area (Å²) in [5, 5.41) is 3.31. The predicted molar refractivity (Wildman–Crippen MR) is 66.9 cm³/mol. The first-order chi connectivity index (χ1) is 7.71. The first-order valence-electron chi connectivity index (χ1n) is 6.13. The lowest BCUT2D eigenvalue weighted by Gasteiger charge is -2.21. The van der Waals surface area contributed by atoms with Crippen LogP contribution in [0.25, 0.3) is 0 Å². The van der Waals surface area contributed by atoms with E-state index in [1.165, 1.54) is 30.5 Å². The molecule has 0 aromatic heterocycles. The van der Waals surface area contributed by atoms with Crippen LogP contribution in [0.1, 0.15) is 44.7 Å². The van der Waals surface area contributed by atoms with Gasteiger partial charge in [0, 0.05) is 6.04 Å². The van der Waals surface area contributed by atoms with Crippen molar-refractivity contribution in [2.75, 3.05) is 7.05 Å². The minimum atomic E-state index is -0.166. The molecule has 0 radical (unpaired) electrons. The molecule has 0 spiro atoms. The van der Waals surface area contributed by atoms with E-state index >= 15 is 0 Å². The third kappa shape index (κ3) is 3.60. The van der Waals surface area contributed by atoms with Gasteiger partial charge < -0.3 is 5.32 Å². The molecule has 16 heavy (non-hydrogen) atoms. The fourth-order valence-electron chi connectivity index (χ4n) is 2.07. The van der Waals surface area contributed by atoms with Crippen LogP contribution in [0, 0.1) is 11.7 Å². The zero-order chi connectivity index (χ0) is 12.0. The lowest BCUT2D eigenvalue weighted by atomic mass is 9.91. The molecule has 1 unspecified atom stereocenters. The number of halogens is 1. The van der Waals surface area contributed by atoms with Crippen LogP contribution < -0.4 is 5.32 Å². The maximum atomic E-state index is 12.8. The van der Waals surface area contributed by atoms with Gasteiger partial charge in [0.1, 0.15) is 5.82 Å². The van der Waals surface area contributed by atoms with Crippen LogP contribution in [-0.2, 0) is 0 Å². The zero-order valence-corrected chi connectivity index (χ0v) is 10.5. The monoisotopic (exact) mass is 223 g/mol. The minimum Gasteiger partial charge on any atom is -0.313 e. The number of rotatable bonds is 6. The molecule has 0 heterocycles. The second-order valence-corrected chi connectivity index (χ2v) is 4.31. The smallest absolute Gasteiger partial charge is 0.123 e. The summed E-state index contributed by atoms with van der Waals surface area (Å²) in [4.78, 5) is 0. The first-order valence-corrected chi connectivity index (χ1v) is 6.13. The van der Waals surface area contributed by atoms with Gasteiger partial charge in [0.05, 0.1) is 0 Å². The summed E-state index contributed by atoms with van der Waals surface area (Å²) < 4.78 is 12.8. The van der Waals surface area contributed by atoms with Crippen molar-refractivity contribution in [3.05, 3.63) is 35.6 Å². The largest absolute Gasteiger partial charge is 0.313 e. The van der Waals surface area contributed by atoms with Gasteiger partial charge in [-0.1, -0.05) is 38.8 Å². The molecule has 0 aliphatic rings. The van der Waals surface area contributed by atoms with Crippen LogP contribution in [0.3, 0.4) is 0 Å². The van der Waals surface area contributed by atoms with E-state index < -0.39 is 0 Å². The average molecular weight is 223 g/mol. The van der Waals surface area contributed by atoms with Gasteiger partial charge >= 0.3 is 0 Å². The Morgan fingerprint density at radius 3 is 2.12 bits per heavy atom. The highest BCUT2D eigenvalue weighted by atomic mass is 19.1. The van der Waals surface area contributed by atoms with E-state index in [1.807, 2.05) is 19.2 Å². The summed E-state index contributed by atoms with van der Waals surface area (Å²) in [6.45, 7) is 4.46. The molecule has 1 aromatic rings. The maximum absolute atomic E-state index is 12.8. The third-order valence-electron chi connectivity index (χ3n) is 3.34. The average Bonchev–Trinajstić information content (AvgIpc) is 2.32. The van der Waals surface area contributed by atoms with E-state index in [9.17, 15) is 4.39 Å². The second-order valence-electron chi connectivity index (χ2n) is 4.31. The molecule has 90 valence electrons. The van der Waals surface area contributed by atoms with Gasteiger partial charge in [-0.2, -0.15) is 0 Å². The van der Waals surface area contributed by atoms with Crippen LogP contribution in [0.2, 0.25) is 0 Å². The van der Waals surface area contributed by atoms with Crippen LogP contribution in [0.4, 0.5) is 4.39 Å².